The number of carbonyl (C=O) groups is 2. The van der Waals surface area contributed by atoms with Gasteiger partial charge in [0.15, 0.2) is 0 Å². The smallest absolute Gasteiger partial charge is 0.241 e. The fourth-order valence-electron chi connectivity index (χ4n) is 3.02. The summed E-state index contributed by atoms with van der Waals surface area (Å²) in [5, 5.41) is 5.79. The van der Waals surface area contributed by atoms with Crippen LogP contribution in [0.4, 0.5) is 11.4 Å². The molecule has 0 aliphatic carbocycles. The zero-order chi connectivity index (χ0) is 18.2. The van der Waals surface area contributed by atoms with Gasteiger partial charge in [-0.15, -0.1) is 0 Å². The molecular weight excluding hydrogens is 316 g/mol. The summed E-state index contributed by atoms with van der Waals surface area (Å²) in [5.74, 6) is -0.215. The summed E-state index contributed by atoms with van der Waals surface area (Å²) in [6.45, 7) is 6.31. The van der Waals surface area contributed by atoms with E-state index >= 15 is 0 Å². The van der Waals surface area contributed by atoms with Gasteiger partial charge in [0.05, 0.1) is 12.6 Å². The van der Waals surface area contributed by atoms with Crippen LogP contribution in [-0.2, 0) is 9.59 Å². The molecule has 6 nitrogen and oxygen atoms in total. The fourth-order valence-corrected chi connectivity index (χ4v) is 3.02. The lowest BCUT2D eigenvalue weighted by Crippen LogP contribution is -2.37. The van der Waals surface area contributed by atoms with Gasteiger partial charge in [-0.25, -0.2) is 0 Å². The van der Waals surface area contributed by atoms with Crippen molar-refractivity contribution in [3.63, 3.8) is 0 Å². The van der Waals surface area contributed by atoms with E-state index in [0.717, 1.165) is 43.6 Å². The molecule has 138 valence electrons. The Labute approximate surface area is 150 Å². The van der Waals surface area contributed by atoms with Crippen LogP contribution in [0.25, 0.3) is 0 Å². The molecule has 1 unspecified atom stereocenters. The van der Waals surface area contributed by atoms with E-state index in [2.05, 4.69) is 15.5 Å². The van der Waals surface area contributed by atoms with Gasteiger partial charge in [0.1, 0.15) is 0 Å². The molecule has 4 N–H and O–H groups in total. The van der Waals surface area contributed by atoms with Crippen molar-refractivity contribution in [2.75, 3.05) is 30.3 Å². The van der Waals surface area contributed by atoms with E-state index < -0.39 is 6.04 Å². The van der Waals surface area contributed by atoms with Crippen LogP contribution >= 0.6 is 0 Å². The SMILES string of the molecule is CCCC(N)C(=O)Nc1ccc(C)c(NC(=O)CN2CCCCC2)c1. The minimum absolute atomic E-state index is 0.0174. The van der Waals surface area contributed by atoms with Gasteiger partial charge >= 0.3 is 0 Å². The number of rotatable bonds is 7. The first kappa shape index (κ1) is 19.4. The molecule has 25 heavy (non-hydrogen) atoms. The number of likely N-dealkylation sites (tertiary alicyclic amines) is 1. The highest BCUT2D eigenvalue weighted by Crippen LogP contribution is 2.21. The van der Waals surface area contributed by atoms with Crippen molar-refractivity contribution in [2.24, 2.45) is 5.73 Å². The molecule has 1 aromatic carbocycles. The number of benzene rings is 1. The minimum atomic E-state index is -0.511. The molecule has 0 radical (unpaired) electrons. The van der Waals surface area contributed by atoms with Gasteiger partial charge < -0.3 is 16.4 Å². The molecule has 1 aromatic rings. The minimum Gasteiger partial charge on any atom is -0.325 e. The number of nitrogens with two attached hydrogens (primary N) is 1. The summed E-state index contributed by atoms with van der Waals surface area (Å²) in [6, 6.07) is 4.99. The van der Waals surface area contributed by atoms with E-state index in [0.29, 0.717) is 18.7 Å². The summed E-state index contributed by atoms with van der Waals surface area (Å²) in [7, 11) is 0. The largest absolute Gasteiger partial charge is 0.325 e. The van der Waals surface area contributed by atoms with E-state index in [-0.39, 0.29) is 11.8 Å². The van der Waals surface area contributed by atoms with Gasteiger partial charge in [0, 0.05) is 11.4 Å². The second-order valence-electron chi connectivity index (χ2n) is 6.80. The van der Waals surface area contributed by atoms with Gasteiger partial charge in [-0.1, -0.05) is 25.8 Å². The Morgan fingerprint density at radius 3 is 2.60 bits per heavy atom. The highest BCUT2D eigenvalue weighted by atomic mass is 16.2. The summed E-state index contributed by atoms with van der Waals surface area (Å²) in [4.78, 5) is 26.5. The van der Waals surface area contributed by atoms with E-state index in [9.17, 15) is 9.59 Å². The van der Waals surface area contributed by atoms with E-state index in [1.54, 1.807) is 6.07 Å². The van der Waals surface area contributed by atoms with Gasteiger partial charge in [-0.05, 0) is 57.0 Å². The van der Waals surface area contributed by atoms with Crippen molar-refractivity contribution in [3.8, 4) is 0 Å². The quantitative estimate of drug-likeness (QED) is 0.708. The van der Waals surface area contributed by atoms with Crippen molar-refractivity contribution < 1.29 is 9.59 Å². The normalized spacial score (nSPS) is 16.3. The Balaban J connectivity index is 1.95. The monoisotopic (exact) mass is 346 g/mol. The summed E-state index contributed by atoms with van der Waals surface area (Å²) in [5.41, 5.74) is 8.18. The van der Waals surface area contributed by atoms with Crippen molar-refractivity contribution >= 4 is 23.2 Å². The Kier molecular flexibility index (Phi) is 7.40. The molecule has 0 saturated carbocycles. The van der Waals surface area contributed by atoms with Crippen molar-refractivity contribution in [1.29, 1.82) is 0 Å². The Morgan fingerprint density at radius 1 is 1.20 bits per heavy atom. The number of hydrogen-bond acceptors (Lipinski definition) is 4. The average molecular weight is 346 g/mol. The van der Waals surface area contributed by atoms with Crippen LogP contribution in [-0.4, -0.2) is 42.4 Å². The van der Waals surface area contributed by atoms with Crippen LogP contribution in [0.3, 0.4) is 0 Å². The highest BCUT2D eigenvalue weighted by molar-refractivity contribution is 5.97. The number of nitrogens with one attached hydrogen (secondary N) is 2. The van der Waals surface area contributed by atoms with E-state index in [1.165, 1.54) is 6.42 Å². The maximum atomic E-state index is 12.3. The van der Waals surface area contributed by atoms with Crippen LogP contribution in [0.2, 0.25) is 0 Å². The van der Waals surface area contributed by atoms with Crippen LogP contribution < -0.4 is 16.4 Å². The van der Waals surface area contributed by atoms with Gasteiger partial charge in [0.2, 0.25) is 11.8 Å². The molecule has 1 saturated heterocycles. The average Bonchev–Trinajstić information content (AvgIpc) is 2.59. The highest BCUT2D eigenvalue weighted by Gasteiger charge is 2.16. The molecule has 0 aromatic heterocycles. The molecule has 1 fully saturated rings. The van der Waals surface area contributed by atoms with Crippen LogP contribution in [0.5, 0.6) is 0 Å². The van der Waals surface area contributed by atoms with Crippen molar-refractivity contribution in [1.82, 2.24) is 4.90 Å². The molecule has 1 atom stereocenters. The van der Waals surface area contributed by atoms with Gasteiger partial charge in [-0.2, -0.15) is 0 Å². The maximum Gasteiger partial charge on any atom is 0.241 e. The zero-order valence-electron chi connectivity index (χ0n) is 15.3. The van der Waals surface area contributed by atoms with Crippen LogP contribution in [0.1, 0.15) is 44.6 Å². The standard InChI is InChI=1S/C19H30N4O2/c1-3-7-16(20)19(25)21-15-9-8-14(2)17(12-15)22-18(24)13-23-10-5-4-6-11-23/h8-9,12,16H,3-7,10-11,13,20H2,1-2H3,(H,21,25)(H,22,24). The number of aryl methyl sites for hydroxylation is 1. The maximum absolute atomic E-state index is 12.3. The summed E-state index contributed by atoms with van der Waals surface area (Å²) in [6.07, 6.45) is 5.08. The van der Waals surface area contributed by atoms with E-state index in [4.69, 9.17) is 5.73 Å². The molecular formula is C19H30N4O2. The number of anilines is 2. The number of nitrogens with zero attached hydrogens (tertiary/aromatic N) is 1. The third-order valence-corrected chi connectivity index (χ3v) is 4.53. The predicted octanol–water partition coefficient (Wildman–Crippen LogP) is 2.49. The zero-order valence-corrected chi connectivity index (χ0v) is 15.3. The fraction of sp³-hybridized carbons (Fsp3) is 0.579. The first-order chi connectivity index (χ1) is 12.0. The number of carbonyl (C=O) groups excluding carboxylic acids is 2. The second-order valence-corrected chi connectivity index (χ2v) is 6.80. The summed E-state index contributed by atoms with van der Waals surface area (Å²) < 4.78 is 0. The number of hydrogen-bond donors (Lipinski definition) is 3. The van der Waals surface area contributed by atoms with Gasteiger partial charge in [-0.3, -0.25) is 14.5 Å². The lowest BCUT2D eigenvalue weighted by atomic mass is 10.1. The summed E-state index contributed by atoms with van der Waals surface area (Å²) >= 11 is 0. The molecule has 0 bridgehead atoms. The molecule has 0 spiro atoms. The molecule has 1 heterocycles. The molecule has 2 amide bonds. The molecule has 6 heteroatoms. The van der Waals surface area contributed by atoms with E-state index in [1.807, 2.05) is 26.0 Å². The van der Waals surface area contributed by atoms with Crippen molar-refractivity contribution in [2.45, 2.75) is 52.0 Å². The molecule has 2 rings (SSSR count). The first-order valence-corrected chi connectivity index (χ1v) is 9.19. The van der Waals surface area contributed by atoms with Crippen LogP contribution in [0.15, 0.2) is 18.2 Å². The van der Waals surface area contributed by atoms with Crippen molar-refractivity contribution in [3.05, 3.63) is 23.8 Å². The third-order valence-electron chi connectivity index (χ3n) is 4.53. The number of piperidine rings is 1. The second kappa shape index (κ2) is 9.53. The third kappa shape index (κ3) is 6.14. The lowest BCUT2D eigenvalue weighted by Gasteiger charge is -2.25. The molecule has 1 aliphatic heterocycles. The number of amides is 2. The Bertz CT molecular complexity index is 597. The first-order valence-electron chi connectivity index (χ1n) is 9.19. The van der Waals surface area contributed by atoms with Gasteiger partial charge in [0.25, 0.3) is 0 Å². The Hall–Kier alpha value is -1.92. The lowest BCUT2D eigenvalue weighted by molar-refractivity contribution is -0.118. The Morgan fingerprint density at radius 2 is 1.92 bits per heavy atom. The topological polar surface area (TPSA) is 87.5 Å². The van der Waals surface area contributed by atoms with Crippen LogP contribution in [0, 0.1) is 6.92 Å². The molecule has 1 aliphatic rings. The predicted molar refractivity (Wildman–Crippen MR) is 102 cm³/mol.